The summed E-state index contributed by atoms with van der Waals surface area (Å²) in [7, 11) is 0. The molecule has 92 valence electrons. The molecule has 5 heteroatoms. The van der Waals surface area contributed by atoms with Gasteiger partial charge in [0.1, 0.15) is 5.76 Å². The van der Waals surface area contributed by atoms with Crippen molar-refractivity contribution in [1.82, 2.24) is 5.32 Å². The highest BCUT2D eigenvalue weighted by molar-refractivity contribution is 5.91. The lowest BCUT2D eigenvalue weighted by molar-refractivity contribution is 0.0911. The molecule has 0 fully saturated rings. The molecule has 1 aromatic heterocycles. The first-order valence-corrected chi connectivity index (χ1v) is 5.18. The second-order valence-electron chi connectivity index (χ2n) is 3.68. The Bertz CT molecular complexity index is 350. The minimum atomic E-state index is -0.198. The second kappa shape index (κ2) is 6.55. The second-order valence-corrected chi connectivity index (χ2v) is 3.68. The van der Waals surface area contributed by atoms with Crippen molar-refractivity contribution in [1.29, 1.82) is 0 Å². The van der Waals surface area contributed by atoms with Crippen LogP contribution >= 0.6 is 12.4 Å². The van der Waals surface area contributed by atoms with Crippen LogP contribution in [0.1, 0.15) is 35.7 Å². The number of nitrogens with two attached hydrogens (primary N) is 1. The van der Waals surface area contributed by atoms with Crippen molar-refractivity contribution in [3.63, 3.8) is 0 Å². The molecule has 1 atom stereocenters. The van der Waals surface area contributed by atoms with E-state index < -0.39 is 0 Å². The van der Waals surface area contributed by atoms with Crippen LogP contribution in [0.3, 0.4) is 0 Å². The zero-order valence-electron chi connectivity index (χ0n) is 9.87. The molecule has 1 amide bonds. The smallest absolute Gasteiger partial charge is 0.287 e. The van der Waals surface area contributed by atoms with Crippen LogP contribution in [-0.4, -0.2) is 18.5 Å². The number of aryl methyl sites for hydroxylation is 2. The third-order valence-corrected chi connectivity index (χ3v) is 2.30. The van der Waals surface area contributed by atoms with Crippen molar-refractivity contribution in [2.45, 2.75) is 33.2 Å². The molecule has 0 aliphatic carbocycles. The summed E-state index contributed by atoms with van der Waals surface area (Å²) in [6, 6.07) is 1.73. The molecule has 0 bridgehead atoms. The normalized spacial score (nSPS) is 11.8. The molecule has 0 radical (unpaired) electrons. The molecule has 0 saturated carbocycles. The number of hydrogen-bond donors (Lipinski definition) is 2. The zero-order valence-corrected chi connectivity index (χ0v) is 10.7. The summed E-state index contributed by atoms with van der Waals surface area (Å²) in [5.41, 5.74) is 6.43. The van der Waals surface area contributed by atoms with Crippen molar-refractivity contribution in [2.75, 3.05) is 6.54 Å². The summed E-state index contributed by atoms with van der Waals surface area (Å²) in [5, 5.41) is 2.75. The first-order valence-electron chi connectivity index (χ1n) is 5.18. The highest BCUT2D eigenvalue weighted by Gasteiger charge is 2.14. The van der Waals surface area contributed by atoms with E-state index in [0.29, 0.717) is 12.3 Å². The Morgan fingerprint density at radius 2 is 2.25 bits per heavy atom. The molecule has 0 saturated heterocycles. The lowest BCUT2D eigenvalue weighted by Gasteiger charge is -2.09. The monoisotopic (exact) mass is 246 g/mol. The highest BCUT2D eigenvalue weighted by atomic mass is 35.5. The first kappa shape index (κ1) is 15.0. The third kappa shape index (κ3) is 3.54. The van der Waals surface area contributed by atoms with Gasteiger partial charge in [0.2, 0.25) is 0 Å². The number of halogens is 1. The van der Waals surface area contributed by atoms with Crippen LogP contribution in [0.15, 0.2) is 10.5 Å². The van der Waals surface area contributed by atoms with Gasteiger partial charge in [-0.25, -0.2) is 0 Å². The van der Waals surface area contributed by atoms with Crippen LogP contribution in [0.2, 0.25) is 0 Å². The fourth-order valence-electron chi connectivity index (χ4n) is 1.34. The summed E-state index contributed by atoms with van der Waals surface area (Å²) < 4.78 is 5.42. The number of carbonyl (C=O) groups excluding carboxylic acids is 1. The van der Waals surface area contributed by atoms with E-state index in [0.717, 1.165) is 17.7 Å². The number of carbonyl (C=O) groups is 1. The molecular weight excluding hydrogens is 228 g/mol. The average molecular weight is 247 g/mol. The maximum absolute atomic E-state index is 11.6. The van der Waals surface area contributed by atoms with Gasteiger partial charge in [-0.3, -0.25) is 4.79 Å². The lowest BCUT2D eigenvalue weighted by Crippen LogP contribution is -2.37. The molecular formula is C11H19ClN2O2. The lowest BCUT2D eigenvalue weighted by atomic mass is 10.2. The summed E-state index contributed by atoms with van der Waals surface area (Å²) in [6.07, 6.45) is 0.797. The van der Waals surface area contributed by atoms with E-state index in [4.69, 9.17) is 10.2 Å². The Labute approximate surface area is 102 Å². The van der Waals surface area contributed by atoms with E-state index in [1.54, 1.807) is 6.07 Å². The molecule has 1 aromatic rings. The molecule has 0 aromatic carbocycles. The summed E-state index contributed by atoms with van der Waals surface area (Å²) >= 11 is 0. The summed E-state index contributed by atoms with van der Waals surface area (Å²) in [6.45, 7) is 6.21. The number of amides is 1. The standard InChI is InChI=1S/C11H18N2O2.ClH/c1-4-9-7(2)5-10(15-9)11(14)13-8(3)6-12;/h5,8H,4,6,12H2,1-3H3,(H,13,14);1H/t8-;/m0./s1. The van der Waals surface area contributed by atoms with Crippen LogP contribution in [0.4, 0.5) is 0 Å². The van der Waals surface area contributed by atoms with Gasteiger partial charge in [-0.05, 0) is 25.5 Å². The summed E-state index contributed by atoms with van der Waals surface area (Å²) in [5.74, 6) is 1.03. The highest BCUT2D eigenvalue weighted by Crippen LogP contribution is 2.14. The first-order chi connectivity index (χ1) is 7.08. The molecule has 0 unspecified atom stereocenters. The van der Waals surface area contributed by atoms with E-state index >= 15 is 0 Å². The largest absolute Gasteiger partial charge is 0.456 e. The van der Waals surface area contributed by atoms with Gasteiger partial charge >= 0.3 is 0 Å². The van der Waals surface area contributed by atoms with Gasteiger partial charge in [0, 0.05) is 19.0 Å². The minimum absolute atomic E-state index is 0. The van der Waals surface area contributed by atoms with Gasteiger partial charge in [0.25, 0.3) is 5.91 Å². The van der Waals surface area contributed by atoms with Gasteiger partial charge in [-0.15, -0.1) is 12.4 Å². The minimum Gasteiger partial charge on any atom is -0.456 e. The van der Waals surface area contributed by atoms with Gasteiger partial charge < -0.3 is 15.5 Å². The molecule has 16 heavy (non-hydrogen) atoms. The Morgan fingerprint density at radius 1 is 1.62 bits per heavy atom. The maximum atomic E-state index is 11.6. The fourth-order valence-corrected chi connectivity index (χ4v) is 1.34. The van der Waals surface area contributed by atoms with Crippen LogP contribution in [0.5, 0.6) is 0 Å². The Morgan fingerprint density at radius 3 is 2.69 bits per heavy atom. The molecule has 1 rings (SSSR count). The predicted molar refractivity (Wildman–Crippen MR) is 66.1 cm³/mol. The molecule has 0 aliphatic heterocycles. The molecule has 4 nitrogen and oxygen atoms in total. The van der Waals surface area contributed by atoms with Crippen molar-refractivity contribution in [3.05, 3.63) is 23.2 Å². The maximum Gasteiger partial charge on any atom is 0.287 e. The van der Waals surface area contributed by atoms with Crippen molar-refractivity contribution in [2.24, 2.45) is 5.73 Å². The van der Waals surface area contributed by atoms with Gasteiger partial charge in [-0.1, -0.05) is 6.92 Å². The van der Waals surface area contributed by atoms with Gasteiger partial charge in [0.05, 0.1) is 0 Å². The fraction of sp³-hybridized carbons (Fsp3) is 0.545. The number of hydrogen-bond acceptors (Lipinski definition) is 3. The van der Waals surface area contributed by atoms with Crippen LogP contribution < -0.4 is 11.1 Å². The topological polar surface area (TPSA) is 68.3 Å². The Kier molecular flexibility index (Phi) is 6.14. The summed E-state index contributed by atoms with van der Waals surface area (Å²) in [4.78, 5) is 11.6. The Hall–Kier alpha value is -1.00. The van der Waals surface area contributed by atoms with E-state index in [1.807, 2.05) is 20.8 Å². The molecule has 3 N–H and O–H groups in total. The average Bonchev–Trinajstić information content (AvgIpc) is 2.59. The quantitative estimate of drug-likeness (QED) is 0.849. The Balaban J connectivity index is 0.00000225. The SMILES string of the molecule is CCc1oc(C(=O)N[C@@H](C)CN)cc1C.Cl. The van der Waals surface area contributed by atoms with E-state index in [9.17, 15) is 4.79 Å². The van der Waals surface area contributed by atoms with Crippen molar-refractivity contribution >= 4 is 18.3 Å². The van der Waals surface area contributed by atoms with Crippen LogP contribution in [-0.2, 0) is 6.42 Å². The van der Waals surface area contributed by atoms with Gasteiger partial charge in [0.15, 0.2) is 5.76 Å². The third-order valence-electron chi connectivity index (χ3n) is 2.30. The van der Waals surface area contributed by atoms with Crippen LogP contribution in [0, 0.1) is 6.92 Å². The van der Waals surface area contributed by atoms with Crippen LogP contribution in [0.25, 0.3) is 0 Å². The van der Waals surface area contributed by atoms with E-state index in [2.05, 4.69) is 5.32 Å². The number of rotatable bonds is 4. The van der Waals surface area contributed by atoms with Crippen molar-refractivity contribution < 1.29 is 9.21 Å². The van der Waals surface area contributed by atoms with E-state index in [1.165, 1.54) is 0 Å². The molecule has 0 aliphatic rings. The predicted octanol–water partition coefficient (Wildman–Crippen LogP) is 1.65. The molecule has 0 spiro atoms. The molecule has 1 heterocycles. The van der Waals surface area contributed by atoms with Gasteiger partial charge in [-0.2, -0.15) is 0 Å². The van der Waals surface area contributed by atoms with E-state index in [-0.39, 0.29) is 24.4 Å². The number of furan rings is 1. The number of nitrogens with one attached hydrogen (secondary N) is 1. The van der Waals surface area contributed by atoms with Crippen molar-refractivity contribution in [3.8, 4) is 0 Å². The zero-order chi connectivity index (χ0) is 11.4.